The molecule has 0 aliphatic carbocycles. The maximum atomic E-state index is 12.2. The van der Waals surface area contributed by atoms with E-state index >= 15 is 0 Å². The van der Waals surface area contributed by atoms with Crippen LogP contribution in [0.4, 0.5) is 0 Å². The van der Waals surface area contributed by atoms with Crippen molar-refractivity contribution in [3.8, 4) is 28.6 Å². The van der Waals surface area contributed by atoms with Gasteiger partial charge in [0.1, 0.15) is 18.1 Å². The van der Waals surface area contributed by atoms with Gasteiger partial charge in [-0.05, 0) is 31.5 Å². The average Bonchev–Trinajstić information content (AvgIpc) is 3.52. The largest absolute Gasteiger partial charge is 0.471 e. The van der Waals surface area contributed by atoms with Gasteiger partial charge in [-0.15, -0.1) is 0 Å². The minimum atomic E-state index is -0.273. The van der Waals surface area contributed by atoms with Crippen LogP contribution >= 0.6 is 0 Å². The lowest BCUT2D eigenvalue weighted by Gasteiger charge is -2.05. The van der Waals surface area contributed by atoms with Gasteiger partial charge in [-0.25, -0.2) is 9.97 Å². The molecule has 0 aliphatic rings. The molecule has 0 atom stereocenters. The van der Waals surface area contributed by atoms with Gasteiger partial charge in [-0.2, -0.15) is 5.10 Å². The minimum Gasteiger partial charge on any atom is -0.471 e. The quantitative estimate of drug-likeness (QED) is 0.225. The van der Waals surface area contributed by atoms with E-state index in [0.29, 0.717) is 30.7 Å². The molecule has 0 aliphatic heterocycles. The molecular weight excluding hydrogens is 480 g/mol. The monoisotopic (exact) mass is 508 g/mol. The third-order valence-corrected chi connectivity index (χ3v) is 5.94. The number of ether oxygens (including phenoxy) is 2. The Balaban J connectivity index is 1.26. The van der Waals surface area contributed by atoms with Crippen LogP contribution in [0.5, 0.6) is 5.88 Å². The topological polar surface area (TPSA) is 92.3 Å². The Hall–Kier alpha value is -4.72. The van der Waals surface area contributed by atoms with Crippen molar-refractivity contribution >= 4 is 5.97 Å². The molecule has 192 valence electrons. The molecule has 0 fully saturated rings. The van der Waals surface area contributed by atoms with Crippen LogP contribution in [0.3, 0.4) is 0 Å². The lowest BCUT2D eigenvalue weighted by molar-refractivity contribution is -0.142. The Kier molecular flexibility index (Phi) is 7.59. The number of pyridine rings is 1. The van der Waals surface area contributed by atoms with E-state index < -0.39 is 0 Å². The SMILES string of the molecule is CCOC(=O)Cc1cn(Cc2ccc(OCc3nc(-c4ccccc4)oc3C)nc2)nc1-c1ccccc1. The standard InChI is InChI=1S/C30H28N4O4/c1-3-36-28(35)16-25-19-34(33-29(25)23-10-6-4-7-11-23)18-22-14-15-27(31-17-22)37-20-26-21(2)38-30(32-26)24-12-8-5-9-13-24/h4-15,17,19H,3,16,18,20H2,1-2H3. The van der Waals surface area contributed by atoms with Gasteiger partial charge < -0.3 is 13.9 Å². The van der Waals surface area contributed by atoms with Gasteiger partial charge in [0.25, 0.3) is 0 Å². The van der Waals surface area contributed by atoms with Gasteiger partial charge in [0.2, 0.25) is 11.8 Å². The number of rotatable bonds is 10. The number of carbonyl (C=O) groups excluding carboxylic acids is 1. The van der Waals surface area contributed by atoms with Crippen LogP contribution in [0.2, 0.25) is 0 Å². The van der Waals surface area contributed by atoms with Crippen molar-refractivity contribution in [3.05, 3.63) is 108 Å². The summed E-state index contributed by atoms with van der Waals surface area (Å²) in [5.74, 6) is 1.50. The van der Waals surface area contributed by atoms with Crippen molar-refractivity contribution in [1.29, 1.82) is 0 Å². The molecule has 5 rings (SSSR count). The van der Waals surface area contributed by atoms with E-state index in [1.54, 1.807) is 13.1 Å². The fourth-order valence-corrected chi connectivity index (χ4v) is 4.06. The molecule has 0 radical (unpaired) electrons. The number of hydrogen-bond donors (Lipinski definition) is 0. The number of oxazole rings is 1. The number of esters is 1. The normalized spacial score (nSPS) is 10.9. The van der Waals surface area contributed by atoms with Crippen LogP contribution in [-0.4, -0.2) is 32.3 Å². The molecular formula is C30H28N4O4. The van der Waals surface area contributed by atoms with Crippen molar-refractivity contribution in [2.45, 2.75) is 33.4 Å². The van der Waals surface area contributed by atoms with Gasteiger partial charge in [0.05, 0.1) is 25.3 Å². The number of carbonyl (C=O) groups is 1. The first-order valence-electron chi connectivity index (χ1n) is 12.5. The van der Waals surface area contributed by atoms with E-state index in [1.807, 2.05) is 90.6 Å². The van der Waals surface area contributed by atoms with Crippen molar-refractivity contribution in [1.82, 2.24) is 19.7 Å². The van der Waals surface area contributed by atoms with Crippen LogP contribution in [-0.2, 0) is 29.1 Å². The second-order valence-electron chi connectivity index (χ2n) is 8.73. The maximum absolute atomic E-state index is 12.2. The summed E-state index contributed by atoms with van der Waals surface area (Å²) >= 11 is 0. The zero-order chi connectivity index (χ0) is 26.3. The molecule has 0 N–H and O–H groups in total. The molecule has 3 heterocycles. The zero-order valence-electron chi connectivity index (χ0n) is 21.3. The summed E-state index contributed by atoms with van der Waals surface area (Å²) in [6, 6.07) is 23.4. The molecule has 8 nitrogen and oxygen atoms in total. The Morgan fingerprint density at radius 2 is 1.71 bits per heavy atom. The number of aryl methyl sites for hydroxylation is 1. The van der Waals surface area contributed by atoms with Crippen LogP contribution < -0.4 is 4.74 Å². The van der Waals surface area contributed by atoms with Crippen molar-refractivity contribution in [2.75, 3.05) is 6.61 Å². The van der Waals surface area contributed by atoms with E-state index in [9.17, 15) is 4.79 Å². The molecule has 0 spiro atoms. The highest BCUT2D eigenvalue weighted by Gasteiger charge is 2.16. The third-order valence-electron chi connectivity index (χ3n) is 5.94. The summed E-state index contributed by atoms with van der Waals surface area (Å²) in [5.41, 5.74) is 5.14. The second kappa shape index (κ2) is 11.6. The molecule has 3 aromatic heterocycles. The van der Waals surface area contributed by atoms with E-state index in [4.69, 9.17) is 19.0 Å². The molecule has 0 saturated heterocycles. The van der Waals surface area contributed by atoms with E-state index in [1.165, 1.54) is 0 Å². The Bertz CT molecular complexity index is 1490. The van der Waals surface area contributed by atoms with Crippen LogP contribution in [0, 0.1) is 6.92 Å². The first-order valence-corrected chi connectivity index (χ1v) is 12.5. The average molecular weight is 509 g/mol. The van der Waals surface area contributed by atoms with E-state index in [-0.39, 0.29) is 19.0 Å². The van der Waals surface area contributed by atoms with Crippen LogP contribution in [0.25, 0.3) is 22.7 Å². The number of aromatic nitrogens is 4. The molecule has 5 aromatic rings. The fourth-order valence-electron chi connectivity index (χ4n) is 4.06. The molecule has 8 heteroatoms. The summed E-state index contributed by atoms with van der Waals surface area (Å²) in [6.45, 7) is 4.77. The lowest BCUT2D eigenvalue weighted by atomic mass is 10.1. The predicted molar refractivity (Wildman–Crippen MR) is 142 cm³/mol. The van der Waals surface area contributed by atoms with Gasteiger partial charge in [-0.1, -0.05) is 54.6 Å². The summed E-state index contributed by atoms with van der Waals surface area (Å²) in [7, 11) is 0. The Morgan fingerprint density at radius 1 is 0.974 bits per heavy atom. The molecule has 0 unspecified atom stereocenters. The Morgan fingerprint density at radius 3 is 2.39 bits per heavy atom. The van der Waals surface area contributed by atoms with Crippen molar-refractivity contribution in [2.24, 2.45) is 0 Å². The van der Waals surface area contributed by atoms with Gasteiger partial charge >= 0.3 is 5.97 Å². The Labute approximate surface area is 220 Å². The summed E-state index contributed by atoms with van der Waals surface area (Å²) in [6.07, 6.45) is 3.81. The highest BCUT2D eigenvalue weighted by molar-refractivity contribution is 5.76. The van der Waals surface area contributed by atoms with Gasteiger partial charge in [0, 0.05) is 35.2 Å². The van der Waals surface area contributed by atoms with Crippen LogP contribution in [0.15, 0.2) is 89.6 Å². The van der Waals surface area contributed by atoms with E-state index in [0.717, 1.165) is 33.6 Å². The lowest BCUT2D eigenvalue weighted by Crippen LogP contribution is -2.07. The smallest absolute Gasteiger partial charge is 0.310 e. The predicted octanol–water partition coefficient (Wildman–Crippen LogP) is 5.64. The minimum absolute atomic E-state index is 0.163. The second-order valence-corrected chi connectivity index (χ2v) is 8.73. The van der Waals surface area contributed by atoms with Crippen molar-refractivity contribution < 1.29 is 18.7 Å². The molecule has 38 heavy (non-hydrogen) atoms. The number of hydrogen-bond acceptors (Lipinski definition) is 7. The van der Waals surface area contributed by atoms with E-state index in [2.05, 4.69) is 9.97 Å². The third kappa shape index (κ3) is 5.98. The van der Waals surface area contributed by atoms with Gasteiger partial charge in [-0.3, -0.25) is 9.48 Å². The molecule has 0 bridgehead atoms. The summed E-state index contributed by atoms with van der Waals surface area (Å²) in [5, 5.41) is 4.76. The molecule has 2 aromatic carbocycles. The van der Waals surface area contributed by atoms with Crippen LogP contribution in [0.1, 0.15) is 29.5 Å². The van der Waals surface area contributed by atoms with Crippen molar-refractivity contribution in [3.63, 3.8) is 0 Å². The maximum Gasteiger partial charge on any atom is 0.310 e. The molecule has 0 amide bonds. The first kappa shape index (κ1) is 25.0. The fraction of sp³-hybridized carbons (Fsp3) is 0.200. The summed E-state index contributed by atoms with van der Waals surface area (Å²) < 4.78 is 18.6. The highest BCUT2D eigenvalue weighted by Crippen LogP contribution is 2.24. The number of benzene rings is 2. The zero-order valence-corrected chi connectivity index (χ0v) is 21.3. The molecule has 0 saturated carbocycles. The summed E-state index contributed by atoms with van der Waals surface area (Å²) in [4.78, 5) is 21.2. The highest BCUT2D eigenvalue weighted by atomic mass is 16.5. The first-order chi connectivity index (χ1) is 18.6. The van der Waals surface area contributed by atoms with Gasteiger partial charge in [0.15, 0.2) is 0 Å². The number of nitrogens with zero attached hydrogens (tertiary/aromatic N) is 4.